The molecule has 0 aliphatic carbocycles. The molecule has 0 aliphatic rings. The maximum atomic E-state index is 12.6. The van der Waals surface area contributed by atoms with Gasteiger partial charge in [-0.05, 0) is 55.3 Å². The Balaban J connectivity index is 1.45. The lowest BCUT2D eigenvalue weighted by molar-refractivity contribution is 0.0955. The molecule has 7 nitrogen and oxygen atoms in total. The van der Waals surface area contributed by atoms with E-state index in [1.54, 1.807) is 18.3 Å². The second-order valence-corrected chi connectivity index (χ2v) is 7.37. The molecule has 1 heterocycles. The Morgan fingerprint density at radius 1 is 1.03 bits per heavy atom. The molecule has 4 rings (SSSR count). The zero-order valence-corrected chi connectivity index (χ0v) is 18.7. The van der Waals surface area contributed by atoms with Crippen molar-refractivity contribution in [2.45, 2.75) is 20.3 Å². The first kappa shape index (κ1) is 22.1. The van der Waals surface area contributed by atoms with Gasteiger partial charge in [-0.2, -0.15) is 5.10 Å². The van der Waals surface area contributed by atoms with Crippen LogP contribution in [0.3, 0.4) is 0 Å². The first-order chi connectivity index (χ1) is 16.2. The van der Waals surface area contributed by atoms with Gasteiger partial charge in [0.2, 0.25) is 0 Å². The van der Waals surface area contributed by atoms with Crippen molar-refractivity contribution in [2.75, 3.05) is 13.2 Å². The second-order valence-electron chi connectivity index (χ2n) is 7.37. The van der Waals surface area contributed by atoms with Crippen LogP contribution in [0.1, 0.15) is 36.2 Å². The van der Waals surface area contributed by atoms with Crippen LogP contribution in [-0.2, 0) is 0 Å². The third kappa shape index (κ3) is 5.38. The number of carbonyl (C=O) groups is 1. The molecule has 0 fully saturated rings. The number of hydrogen-bond donors (Lipinski definition) is 2. The zero-order chi connectivity index (χ0) is 23.0. The van der Waals surface area contributed by atoms with Gasteiger partial charge in [0.1, 0.15) is 5.82 Å². The third-order valence-corrected chi connectivity index (χ3v) is 4.90. The summed E-state index contributed by atoms with van der Waals surface area (Å²) in [4.78, 5) is 20.5. The van der Waals surface area contributed by atoms with Crippen molar-refractivity contribution in [1.29, 1.82) is 0 Å². The van der Waals surface area contributed by atoms with Crippen molar-refractivity contribution in [2.24, 2.45) is 5.10 Å². The van der Waals surface area contributed by atoms with Gasteiger partial charge in [0, 0.05) is 11.1 Å². The largest absolute Gasteiger partial charge is 0.490 e. The van der Waals surface area contributed by atoms with E-state index in [9.17, 15) is 4.79 Å². The summed E-state index contributed by atoms with van der Waals surface area (Å²) >= 11 is 0. The Bertz CT molecular complexity index is 1270. The van der Waals surface area contributed by atoms with Crippen molar-refractivity contribution in [3.63, 3.8) is 0 Å². The highest BCUT2D eigenvalue weighted by molar-refractivity contribution is 5.98. The molecule has 0 spiro atoms. The number of ether oxygens (including phenoxy) is 2. The Kier molecular flexibility index (Phi) is 6.99. The van der Waals surface area contributed by atoms with Gasteiger partial charge in [-0.3, -0.25) is 4.79 Å². The summed E-state index contributed by atoms with van der Waals surface area (Å²) in [5, 5.41) is 4.10. The summed E-state index contributed by atoms with van der Waals surface area (Å²) in [6.07, 6.45) is 2.49. The normalized spacial score (nSPS) is 11.1. The standard InChI is InChI=1S/C26H26N4O3/c1-3-14-33-23-13-10-18(15-24(23)32-4-2)17-27-30-26(31)20-11-12-21-22(16-20)29-25(28-21)19-8-6-5-7-9-19/h5-13,15-17H,3-4,14H2,1-2H3,(H,28,29)(H,30,31)/b27-17+. The van der Waals surface area contributed by atoms with Gasteiger partial charge in [0.05, 0.1) is 30.5 Å². The molecular formula is C26H26N4O3. The number of rotatable bonds is 9. The van der Waals surface area contributed by atoms with Gasteiger partial charge in [-0.1, -0.05) is 37.3 Å². The summed E-state index contributed by atoms with van der Waals surface area (Å²) in [5.74, 6) is 1.80. The van der Waals surface area contributed by atoms with Crippen LogP contribution in [0.2, 0.25) is 0 Å². The molecule has 168 valence electrons. The minimum atomic E-state index is -0.308. The fourth-order valence-corrected chi connectivity index (χ4v) is 3.32. The molecule has 1 aromatic heterocycles. The molecule has 1 amide bonds. The number of amides is 1. The van der Waals surface area contributed by atoms with E-state index in [1.165, 1.54) is 0 Å². The van der Waals surface area contributed by atoms with Crippen LogP contribution >= 0.6 is 0 Å². The van der Waals surface area contributed by atoms with E-state index < -0.39 is 0 Å². The number of nitrogens with one attached hydrogen (secondary N) is 2. The first-order valence-corrected chi connectivity index (χ1v) is 11.0. The quantitative estimate of drug-likeness (QED) is 0.276. The Morgan fingerprint density at radius 3 is 2.67 bits per heavy atom. The molecule has 2 N–H and O–H groups in total. The second kappa shape index (κ2) is 10.5. The third-order valence-electron chi connectivity index (χ3n) is 4.90. The lowest BCUT2D eigenvalue weighted by Crippen LogP contribution is -2.17. The zero-order valence-electron chi connectivity index (χ0n) is 18.7. The molecular weight excluding hydrogens is 416 g/mol. The monoisotopic (exact) mass is 442 g/mol. The minimum absolute atomic E-state index is 0.308. The molecule has 4 aromatic rings. The summed E-state index contributed by atoms with van der Waals surface area (Å²) in [7, 11) is 0. The number of nitrogens with zero attached hydrogens (tertiary/aromatic N) is 2. The van der Waals surface area contributed by atoms with Crippen molar-refractivity contribution < 1.29 is 14.3 Å². The predicted molar refractivity (Wildman–Crippen MR) is 130 cm³/mol. The fourth-order valence-electron chi connectivity index (χ4n) is 3.32. The Hall–Kier alpha value is -4.13. The molecule has 7 heteroatoms. The van der Waals surface area contributed by atoms with Crippen molar-refractivity contribution in [3.05, 3.63) is 77.9 Å². The van der Waals surface area contributed by atoms with Crippen LogP contribution in [0.25, 0.3) is 22.4 Å². The van der Waals surface area contributed by atoms with Crippen LogP contribution in [0.15, 0.2) is 71.8 Å². The van der Waals surface area contributed by atoms with E-state index in [-0.39, 0.29) is 5.91 Å². The highest BCUT2D eigenvalue weighted by Gasteiger charge is 2.10. The van der Waals surface area contributed by atoms with Gasteiger partial charge >= 0.3 is 0 Å². The topological polar surface area (TPSA) is 88.6 Å². The van der Waals surface area contributed by atoms with Crippen LogP contribution in [0, 0.1) is 0 Å². The number of fused-ring (bicyclic) bond motifs is 1. The van der Waals surface area contributed by atoms with Gasteiger partial charge in [0.15, 0.2) is 11.5 Å². The van der Waals surface area contributed by atoms with E-state index in [0.29, 0.717) is 30.3 Å². The van der Waals surface area contributed by atoms with Crippen LogP contribution in [0.4, 0.5) is 0 Å². The maximum absolute atomic E-state index is 12.6. The molecule has 0 unspecified atom stereocenters. The summed E-state index contributed by atoms with van der Waals surface area (Å²) in [6.45, 7) is 5.12. The lowest BCUT2D eigenvalue weighted by atomic mass is 10.2. The Morgan fingerprint density at radius 2 is 1.88 bits per heavy atom. The van der Waals surface area contributed by atoms with E-state index in [4.69, 9.17) is 9.47 Å². The number of benzene rings is 3. The van der Waals surface area contributed by atoms with Gasteiger partial charge in [0.25, 0.3) is 5.91 Å². The minimum Gasteiger partial charge on any atom is -0.490 e. The molecule has 0 aliphatic heterocycles. The highest BCUT2D eigenvalue weighted by atomic mass is 16.5. The molecule has 0 saturated heterocycles. The first-order valence-electron chi connectivity index (χ1n) is 11.0. The number of aromatic amines is 1. The van der Waals surface area contributed by atoms with Crippen molar-refractivity contribution in [3.8, 4) is 22.9 Å². The fraction of sp³-hybridized carbons (Fsp3) is 0.192. The smallest absolute Gasteiger partial charge is 0.271 e. The SMILES string of the molecule is CCCOc1ccc(/C=N/NC(=O)c2ccc3nc(-c4ccccc4)[nH]c3c2)cc1OCC. The highest BCUT2D eigenvalue weighted by Crippen LogP contribution is 2.28. The summed E-state index contributed by atoms with van der Waals surface area (Å²) in [5.41, 5.74) is 6.42. The average Bonchev–Trinajstić information content (AvgIpc) is 3.28. The van der Waals surface area contributed by atoms with Crippen molar-refractivity contribution >= 4 is 23.2 Å². The molecule has 0 radical (unpaired) electrons. The van der Waals surface area contributed by atoms with Crippen LogP contribution in [-0.4, -0.2) is 35.3 Å². The predicted octanol–water partition coefficient (Wildman–Crippen LogP) is 5.18. The van der Waals surface area contributed by atoms with Gasteiger partial charge < -0.3 is 14.5 Å². The van der Waals surface area contributed by atoms with Crippen LogP contribution in [0.5, 0.6) is 11.5 Å². The molecule has 33 heavy (non-hydrogen) atoms. The Labute approximate surface area is 192 Å². The lowest BCUT2D eigenvalue weighted by Gasteiger charge is -2.11. The van der Waals surface area contributed by atoms with E-state index in [1.807, 2.05) is 61.5 Å². The van der Waals surface area contributed by atoms with E-state index in [2.05, 4.69) is 27.4 Å². The van der Waals surface area contributed by atoms with Gasteiger partial charge in [-0.15, -0.1) is 0 Å². The number of hydrogen-bond acceptors (Lipinski definition) is 5. The van der Waals surface area contributed by atoms with Crippen LogP contribution < -0.4 is 14.9 Å². The number of H-pyrrole nitrogens is 1. The molecule has 3 aromatic carbocycles. The molecule has 0 bridgehead atoms. The number of aromatic nitrogens is 2. The average molecular weight is 443 g/mol. The summed E-state index contributed by atoms with van der Waals surface area (Å²) in [6, 6.07) is 20.7. The number of hydrazone groups is 1. The summed E-state index contributed by atoms with van der Waals surface area (Å²) < 4.78 is 11.4. The van der Waals surface area contributed by atoms with E-state index in [0.717, 1.165) is 34.4 Å². The van der Waals surface area contributed by atoms with Crippen molar-refractivity contribution in [1.82, 2.24) is 15.4 Å². The molecule has 0 atom stereocenters. The van der Waals surface area contributed by atoms with Gasteiger partial charge in [-0.25, -0.2) is 10.4 Å². The molecule has 0 saturated carbocycles. The maximum Gasteiger partial charge on any atom is 0.271 e. The number of carbonyl (C=O) groups excluding carboxylic acids is 1. The number of imidazole rings is 1. The van der Waals surface area contributed by atoms with E-state index >= 15 is 0 Å².